The Morgan fingerprint density at radius 2 is 2.00 bits per heavy atom. The van der Waals surface area contributed by atoms with Gasteiger partial charge >= 0.3 is 0 Å². The molecule has 1 saturated carbocycles. The van der Waals surface area contributed by atoms with E-state index in [1.54, 1.807) is 11.3 Å². The van der Waals surface area contributed by atoms with E-state index in [1.807, 2.05) is 0 Å². The van der Waals surface area contributed by atoms with Crippen LogP contribution >= 0.6 is 0 Å². The lowest BCUT2D eigenvalue weighted by Gasteiger charge is -2.67. The molecule has 0 aromatic heterocycles. The monoisotopic (exact) mass is 264 g/mol. The van der Waals surface area contributed by atoms with Gasteiger partial charge in [0.2, 0.25) is 0 Å². The van der Waals surface area contributed by atoms with Crippen LogP contribution < -0.4 is 4.48 Å². The van der Waals surface area contributed by atoms with Crippen LogP contribution in [-0.2, 0) is 6.42 Å². The van der Waals surface area contributed by atoms with Gasteiger partial charge in [0.15, 0.2) is 0 Å². The Bertz CT molecular complexity index is 719. The first-order chi connectivity index (χ1) is 9.73. The van der Waals surface area contributed by atoms with Crippen LogP contribution in [0.2, 0.25) is 0 Å². The molecule has 1 heteroatoms. The van der Waals surface area contributed by atoms with Crippen LogP contribution in [0.3, 0.4) is 0 Å². The highest BCUT2D eigenvalue weighted by Crippen LogP contribution is 2.61. The molecule has 2 fully saturated rings. The van der Waals surface area contributed by atoms with Gasteiger partial charge in [-0.25, -0.2) is 0 Å². The van der Waals surface area contributed by atoms with Gasteiger partial charge in [-0.3, -0.25) is 4.48 Å². The summed E-state index contributed by atoms with van der Waals surface area (Å²) < 4.78 is 1.22. The van der Waals surface area contributed by atoms with Gasteiger partial charge in [-0.15, -0.1) is 0 Å². The second-order valence-electron chi connectivity index (χ2n) is 7.52. The molecule has 0 radical (unpaired) electrons. The molecular weight excluding hydrogens is 242 g/mol. The Labute approximate surface area is 120 Å². The maximum Gasteiger partial charge on any atom is 0.144 e. The van der Waals surface area contributed by atoms with Crippen molar-refractivity contribution >= 4 is 16.5 Å². The average Bonchev–Trinajstić information content (AvgIpc) is 2.46. The molecule has 3 unspecified atom stereocenters. The van der Waals surface area contributed by atoms with Gasteiger partial charge in [0.05, 0.1) is 19.0 Å². The summed E-state index contributed by atoms with van der Waals surface area (Å²) >= 11 is 0. The second-order valence-corrected chi connectivity index (χ2v) is 7.52. The largest absolute Gasteiger partial charge is 0.289 e. The van der Waals surface area contributed by atoms with Crippen molar-refractivity contribution in [1.29, 1.82) is 0 Å². The Morgan fingerprint density at radius 1 is 1.10 bits per heavy atom. The lowest BCUT2D eigenvalue weighted by molar-refractivity contribution is -0.0911. The number of nitrogens with zero attached hydrogens (tertiary/aromatic N) is 1. The number of rotatable bonds is 0. The number of quaternary nitrogens is 1. The molecule has 1 nitrogen and oxygen atoms in total. The zero-order valence-corrected chi connectivity index (χ0v) is 12.2. The molecule has 3 aliphatic rings. The zero-order valence-electron chi connectivity index (χ0n) is 12.2. The molecule has 0 N–H and O–H groups in total. The summed E-state index contributed by atoms with van der Waals surface area (Å²) in [5.74, 6) is 0. The third-order valence-electron chi connectivity index (χ3n) is 6.48. The van der Waals surface area contributed by atoms with E-state index in [0.29, 0.717) is 5.41 Å². The fourth-order valence-electron chi connectivity index (χ4n) is 5.94. The molecule has 2 bridgehead atoms. The molecule has 2 aliphatic heterocycles. The Balaban J connectivity index is 1.80. The van der Waals surface area contributed by atoms with Crippen molar-refractivity contribution in [2.75, 3.05) is 13.6 Å². The molecule has 2 heterocycles. The Kier molecular flexibility index (Phi) is 1.96. The fourth-order valence-corrected chi connectivity index (χ4v) is 5.94. The minimum absolute atomic E-state index is 0.655. The van der Waals surface area contributed by atoms with Crippen LogP contribution in [0.25, 0.3) is 10.8 Å². The summed E-state index contributed by atoms with van der Waals surface area (Å²) in [5.41, 5.74) is 3.94. The molecule has 102 valence electrons. The minimum atomic E-state index is 0.655. The molecule has 1 aliphatic carbocycles. The van der Waals surface area contributed by atoms with Crippen molar-refractivity contribution in [1.82, 2.24) is 4.48 Å². The van der Waals surface area contributed by atoms with Crippen LogP contribution in [0.1, 0.15) is 31.2 Å². The van der Waals surface area contributed by atoms with Crippen molar-refractivity contribution < 1.29 is 0 Å². The zero-order chi connectivity index (χ0) is 13.4. The summed E-state index contributed by atoms with van der Waals surface area (Å²) in [4.78, 5) is 0. The van der Waals surface area contributed by atoms with Crippen LogP contribution in [0, 0.1) is 5.41 Å². The highest BCUT2D eigenvalue weighted by atomic mass is 15.4. The molecular formula is C19H22N+. The van der Waals surface area contributed by atoms with Gasteiger partial charge in [-0.05, 0) is 30.7 Å². The van der Waals surface area contributed by atoms with Crippen molar-refractivity contribution in [2.45, 2.75) is 38.1 Å². The lowest BCUT2D eigenvalue weighted by Crippen LogP contribution is -2.79. The van der Waals surface area contributed by atoms with Crippen LogP contribution in [-0.4, -0.2) is 19.6 Å². The van der Waals surface area contributed by atoms with Gasteiger partial charge < -0.3 is 0 Å². The Morgan fingerprint density at radius 3 is 2.95 bits per heavy atom. The van der Waals surface area contributed by atoms with Crippen molar-refractivity contribution in [3.63, 3.8) is 0 Å². The van der Waals surface area contributed by atoms with E-state index in [9.17, 15) is 0 Å². The maximum absolute atomic E-state index is 2.50. The first-order valence-electron chi connectivity index (χ1n) is 8.09. The molecule has 20 heavy (non-hydrogen) atoms. The molecule has 1 saturated heterocycles. The van der Waals surface area contributed by atoms with Crippen molar-refractivity contribution in [3.8, 4) is 0 Å². The summed E-state index contributed by atoms with van der Waals surface area (Å²) in [6.45, 7) is 1.39. The van der Waals surface area contributed by atoms with E-state index in [-0.39, 0.29) is 0 Å². The second kappa shape index (κ2) is 3.46. The van der Waals surface area contributed by atoms with Crippen LogP contribution in [0.5, 0.6) is 0 Å². The number of hydrogen-bond donors (Lipinski definition) is 0. The quantitative estimate of drug-likeness (QED) is 0.623. The van der Waals surface area contributed by atoms with E-state index in [0.717, 1.165) is 6.04 Å². The normalized spacial score (nSPS) is 38.0. The lowest BCUT2D eigenvalue weighted by atomic mass is 9.55. The minimum Gasteiger partial charge on any atom is -0.289 e. The Hall–Kier alpha value is -1.34. The van der Waals surface area contributed by atoms with E-state index in [1.165, 1.54) is 53.9 Å². The first kappa shape index (κ1) is 11.3. The van der Waals surface area contributed by atoms with E-state index in [2.05, 4.69) is 43.4 Å². The van der Waals surface area contributed by atoms with Gasteiger partial charge in [0.1, 0.15) is 11.7 Å². The SMILES string of the molecule is C[N+]12CC3(CCCCC31)Cc1ccc3ccccc3c12. The smallest absolute Gasteiger partial charge is 0.144 e. The van der Waals surface area contributed by atoms with E-state index in [4.69, 9.17) is 0 Å². The summed E-state index contributed by atoms with van der Waals surface area (Å²) in [6, 6.07) is 14.6. The maximum atomic E-state index is 2.50. The summed E-state index contributed by atoms with van der Waals surface area (Å²) in [7, 11) is 2.50. The van der Waals surface area contributed by atoms with Crippen molar-refractivity contribution in [2.24, 2.45) is 5.41 Å². The fraction of sp³-hybridized carbons (Fsp3) is 0.474. The molecule has 3 atom stereocenters. The van der Waals surface area contributed by atoms with Crippen LogP contribution in [0.15, 0.2) is 36.4 Å². The van der Waals surface area contributed by atoms with Gasteiger partial charge in [-0.2, -0.15) is 0 Å². The highest BCUT2D eigenvalue weighted by Gasteiger charge is 2.67. The third-order valence-corrected chi connectivity index (χ3v) is 6.48. The predicted octanol–water partition coefficient (Wildman–Crippen LogP) is 4.28. The first-order valence-corrected chi connectivity index (χ1v) is 8.09. The van der Waals surface area contributed by atoms with Gasteiger partial charge in [-0.1, -0.05) is 36.8 Å². The van der Waals surface area contributed by atoms with Gasteiger partial charge in [0, 0.05) is 17.4 Å². The number of fused-ring (bicyclic) bond motifs is 6. The molecule has 5 rings (SSSR count). The third kappa shape index (κ3) is 1.15. The molecule has 0 amide bonds. The summed E-state index contributed by atoms with van der Waals surface area (Å²) in [5, 5.41) is 2.92. The molecule has 2 aromatic rings. The number of benzene rings is 2. The predicted molar refractivity (Wildman–Crippen MR) is 84.9 cm³/mol. The van der Waals surface area contributed by atoms with E-state index < -0.39 is 0 Å². The highest BCUT2D eigenvalue weighted by molar-refractivity contribution is 5.96. The van der Waals surface area contributed by atoms with Crippen LogP contribution in [0.4, 0.5) is 5.69 Å². The number of hydrogen-bond acceptors (Lipinski definition) is 0. The molecule has 2 aromatic carbocycles. The van der Waals surface area contributed by atoms with Gasteiger partial charge in [0.25, 0.3) is 0 Å². The van der Waals surface area contributed by atoms with E-state index >= 15 is 0 Å². The average molecular weight is 264 g/mol. The van der Waals surface area contributed by atoms with Crippen molar-refractivity contribution in [3.05, 3.63) is 42.0 Å². The standard InChI is InChI=1S/C19H22N/c1-20-13-19(11-5-4-8-17(19)20)12-15-10-9-14-6-2-3-7-16(14)18(15)20/h2-3,6-7,9-10,17H,4-5,8,11-13H2,1H3/q+1. The topological polar surface area (TPSA) is 0 Å². The molecule has 1 spiro atoms. The summed E-state index contributed by atoms with van der Waals surface area (Å²) in [6.07, 6.45) is 7.16.